The van der Waals surface area contributed by atoms with E-state index in [9.17, 15) is 0 Å². The van der Waals surface area contributed by atoms with Gasteiger partial charge in [-0.15, -0.1) is 0 Å². The third-order valence-electron chi connectivity index (χ3n) is 4.29. The fourth-order valence-corrected chi connectivity index (χ4v) is 3.05. The second-order valence-electron chi connectivity index (χ2n) is 6.41. The molecule has 1 aliphatic heterocycles. The topological polar surface area (TPSA) is 54.7 Å². The zero-order valence-electron chi connectivity index (χ0n) is 15.3. The first-order valence-electron chi connectivity index (χ1n) is 8.84. The average Bonchev–Trinajstić information content (AvgIpc) is 3.05. The molecule has 0 saturated carbocycles. The van der Waals surface area contributed by atoms with Gasteiger partial charge < -0.3 is 15.0 Å². The maximum atomic E-state index is 5.94. The van der Waals surface area contributed by atoms with Crippen LogP contribution >= 0.6 is 0 Å². The van der Waals surface area contributed by atoms with Crippen LogP contribution in [0.1, 0.15) is 29.7 Å². The van der Waals surface area contributed by atoms with Gasteiger partial charge in [0.15, 0.2) is 5.96 Å². The number of benzene rings is 1. The molecule has 0 spiro atoms. The number of ether oxygens (including phenoxy) is 1. The molecule has 1 aliphatic rings. The number of nitrogens with one attached hydrogen (secondary N) is 1. The van der Waals surface area contributed by atoms with Crippen molar-refractivity contribution in [2.75, 3.05) is 26.2 Å². The fourth-order valence-electron chi connectivity index (χ4n) is 3.05. The third-order valence-corrected chi connectivity index (χ3v) is 4.29. The lowest BCUT2D eigenvalue weighted by atomic mass is 10.1. The van der Waals surface area contributed by atoms with Crippen LogP contribution in [-0.4, -0.2) is 46.9 Å². The molecule has 6 heteroatoms. The minimum absolute atomic E-state index is 0.0327. The summed E-state index contributed by atoms with van der Waals surface area (Å²) >= 11 is 0. The van der Waals surface area contributed by atoms with Crippen LogP contribution in [0.5, 0.6) is 0 Å². The Kier molecular flexibility index (Phi) is 5.71. The highest BCUT2D eigenvalue weighted by Crippen LogP contribution is 2.21. The Morgan fingerprint density at radius 1 is 1.44 bits per heavy atom. The van der Waals surface area contributed by atoms with E-state index in [4.69, 9.17) is 9.73 Å². The van der Waals surface area contributed by atoms with Gasteiger partial charge >= 0.3 is 0 Å². The van der Waals surface area contributed by atoms with Gasteiger partial charge in [0.1, 0.15) is 6.10 Å². The van der Waals surface area contributed by atoms with E-state index in [1.54, 1.807) is 0 Å². The molecule has 1 fully saturated rings. The van der Waals surface area contributed by atoms with Crippen LogP contribution in [0, 0.1) is 6.92 Å². The molecule has 1 N–H and O–H groups in total. The summed E-state index contributed by atoms with van der Waals surface area (Å²) in [6.45, 7) is 8.05. The molecule has 1 unspecified atom stereocenters. The highest BCUT2D eigenvalue weighted by molar-refractivity contribution is 5.80. The minimum Gasteiger partial charge on any atom is -0.370 e. The van der Waals surface area contributed by atoms with Gasteiger partial charge in [-0.1, -0.05) is 29.8 Å². The molecule has 1 aromatic carbocycles. The Balaban J connectivity index is 1.71. The maximum absolute atomic E-state index is 5.94. The number of aromatic nitrogens is 2. The predicted octanol–water partition coefficient (Wildman–Crippen LogP) is 2.27. The summed E-state index contributed by atoms with van der Waals surface area (Å²) in [5.41, 5.74) is 3.61. The molecule has 2 heterocycles. The van der Waals surface area contributed by atoms with Crippen molar-refractivity contribution in [2.45, 2.75) is 26.5 Å². The molecule has 0 aliphatic carbocycles. The first-order valence-corrected chi connectivity index (χ1v) is 8.84. The lowest BCUT2D eigenvalue weighted by Crippen LogP contribution is -2.48. The van der Waals surface area contributed by atoms with Gasteiger partial charge in [0.25, 0.3) is 0 Å². The minimum atomic E-state index is 0.0327. The van der Waals surface area contributed by atoms with Gasteiger partial charge in [-0.2, -0.15) is 5.10 Å². The van der Waals surface area contributed by atoms with Crippen LogP contribution in [0.4, 0.5) is 0 Å². The van der Waals surface area contributed by atoms with Crippen LogP contribution in [0.25, 0.3) is 0 Å². The quantitative estimate of drug-likeness (QED) is 0.685. The first-order chi connectivity index (χ1) is 12.2. The average molecular weight is 341 g/mol. The lowest BCUT2D eigenvalue weighted by Gasteiger charge is -2.34. The molecule has 25 heavy (non-hydrogen) atoms. The summed E-state index contributed by atoms with van der Waals surface area (Å²) < 4.78 is 7.75. The number of aryl methyl sites for hydroxylation is 2. The normalized spacial score (nSPS) is 18.4. The molecule has 6 nitrogen and oxygen atoms in total. The van der Waals surface area contributed by atoms with Gasteiger partial charge in [0, 0.05) is 31.9 Å². The molecule has 134 valence electrons. The summed E-state index contributed by atoms with van der Waals surface area (Å²) in [7, 11) is 1.93. The summed E-state index contributed by atoms with van der Waals surface area (Å²) in [6.07, 6.45) is 3.93. The van der Waals surface area contributed by atoms with Crippen LogP contribution in [0.3, 0.4) is 0 Å². The molecule has 2 aromatic rings. The number of rotatable bonds is 4. The van der Waals surface area contributed by atoms with E-state index in [2.05, 4.69) is 53.4 Å². The Labute approximate surface area is 149 Å². The van der Waals surface area contributed by atoms with Crippen LogP contribution in [0.15, 0.2) is 41.7 Å². The van der Waals surface area contributed by atoms with E-state index in [1.807, 2.05) is 24.1 Å². The second-order valence-corrected chi connectivity index (χ2v) is 6.41. The lowest BCUT2D eigenvalue weighted by molar-refractivity contribution is -0.00805. The molecule has 0 radical (unpaired) electrons. The van der Waals surface area contributed by atoms with E-state index in [0.29, 0.717) is 13.2 Å². The molecule has 1 atom stereocenters. The van der Waals surface area contributed by atoms with E-state index < -0.39 is 0 Å². The van der Waals surface area contributed by atoms with Crippen molar-refractivity contribution in [1.29, 1.82) is 0 Å². The van der Waals surface area contributed by atoms with Crippen molar-refractivity contribution < 1.29 is 4.74 Å². The molecule has 0 bridgehead atoms. The monoisotopic (exact) mass is 341 g/mol. The summed E-state index contributed by atoms with van der Waals surface area (Å²) in [4.78, 5) is 7.12. The van der Waals surface area contributed by atoms with Gasteiger partial charge in [-0.25, -0.2) is 4.99 Å². The SMILES string of the molecule is CCNC(=NCc1cccc(C)c1)N1CCOC(c2cnn(C)c2)C1. The number of guanidine groups is 1. The Hall–Kier alpha value is -2.34. The number of hydrogen-bond donors (Lipinski definition) is 1. The largest absolute Gasteiger partial charge is 0.370 e. The molecule has 0 amide bonds. The number of nitrogens with zero attached hydrogens (tertiary/aromatic N) is 4. The van der Waals surface area contributed by atoms with Gasteiger partial charge in [0.05, 0.1) is 25.9 Å². The van der Waals surface area contributed by atoms with Crippen molar-refractivity contribution in [3.63, 3.8) is 0 Å². The molecule has 1 saturated heterocycles. The third kappa shape index (κ3) is 4.60. The smallest absolute Gasteiger partial charge is 0.194 e. The van der Waals surface area contributed by atoms with Crippen molar-refractivity contribution >= 4 is 5.96 Å². The van der Waals surface area contributed by atoms with Gasteiger partial charge in [-0.3, -0.25) is 4.68 Å². The zero-order valence-corrected chi connectivity index (χ0v) is 15.3. The summed E-state index contributed by atoms with van der Waals surface area (Å²) in [6, 6.07) is 8.50. The van der Waals surface area contributed by atoms with Crippen molar-refractivity contribution in [3.8, 4) is 0 Å². The molecule has 1 aromatic heterocycles. The van der Waals surface area contributed by atoms with E-state index >= 15 is 0 Å². The summed E-state index contributed by atoms with van der Waals surface area (Å²) in [5.74, 6) is 0.946. The van der Waals surface area contributed by atoms with Crippen molar-refractivity contribution in [1.82, 2.24) is 20.0 Å². The fraction of sp³-hybridized carbons (Fsp3) is 0.474. The Bertz CT molecular complexity index is 724. The van der Waals surface area contributed by atoms with Crippen molar-refractivity contribution in [2.24, 2.45) is 12.0 Å². The maximum Gasteiger partial charge on any atom is 0.194 e. The van der Waals surface area contributed by atoms with E-state index in [1.165, 1.54) is 11.1 Å². The zero-order chi connectivity index (χ0) is 17.6. The highest BCUT2D eigenvalue weighted by Gasteiger charge is 2.25. The predicted molar refractivity (Wildman–Crippen MR) is 99.5 cm³/mol. The number of aliphatic imine (C=N–C) groups is 1. The Morgan fingerprint density at radius 2 is 2.32 bits per heavy atom. The van der Waals surface area contributed by atoms with E-state index in [-0.39, 0.29) is 6.10 Å². The standard InChI is InChI=1S/C19H27N5O/c1-4-20-19(21-11-16-7-5-6-15(2)10-16)24-8-9-25-18(14-24)17-12-22-23(3)13-17/h5-7,10,12-13,18H,4,8-9,11,14H2,1-3H3,(H,20,21). The second kappa shape index (κ2) is 8.16. The molecular weight excluding hydrogens is 314 g/mol. The highest BCUT2D eigenvalue weighted by atomic mass is 16.5. The van der Waals surface area contributed by atoms with Crippen LogP contribution in [-0.2, 0) is 18.3 Å². The number of hydrogen-bond acceptors (Lipinski definition) is 3. The molecule has 3 rings (SSSR count). The molecular formula is C19H27N5O. The van der Waals surface area contributed by atoms with Crippen LogP contribution < -0.4 is 5.32 Å². The first kappa shape index (κ1) is 17.5. The van der Waals surface area contributed by atoms with Gasteiger partial charge in [-0.05, 0) is 19.4 Å². The Morgan fingerprint density at radius 3 is 3.04 bits per heavy atom. The summed E-state index contributed by atoms with van der Waals surface area (Å²) in [5, 5.41) is 7.67. The number of morpholine rings is 1. The van der Waals surface area contributed by atoms with Crippen molar-refractivity contribution in [3.05, 3.63) is 53.3 Å². The van der Waals surface area contributed by atoms with Crippen LogP contribution in [0.2, 0.25) is 0 Å². The van der Waals surface area contributed by atoms with E-state index in [0.717, 1.165) is 31.2 Å². The van der Waals surface area contributed by atoms with Gasteiger partial charge in [0.2, 0.25) is 0 Å².